The predicted molar refractivity (Wildman–Crippen MR) is 287 cm³/mol. The quantitative estimate of drug-likeness (QED) is 0.0333. The summed E-state index contributed by atoms with van der Waals surface area (Å²) in [6, 6.07) is 26.9. The summed E-state index contributed by atoms with van der Waals surface area (Å²) in [4.78, 5) is 81.4. The first kappa shape index (κ1) is 59.4. The van der Waals surface area contributed by atoms with Gasteiger partial charge in [0.25, 0.3) is 0 Å². The van der Waals surface area contributed by atoms with E-state index in [1.807, 2.05) is 0 Å². The zero-order valence-corrected chi connectivity index (χ0v) is 45.2. The van der Waals surface area contributed by atoms with E-state index in [2.05, 4.69) is 31.2 Å². The van der Waals surface area contributed by atoms with E-state index in [1.165, 1.54) is 136 Å². The van der Waals surface area contributed by atoms with Crippen molar-refractivity contribution in [1.29, 1.82) is 0 Å². The molecule has 2 aliphatic rings. The van der Waals surface area contributed by atoms with E-state index in [4.69, 9.17) is 28.4 Å². The predicted octanol–water partition coefficient (Wildman–Crippen LogP) is 7.22. The number of ether oxygens (including phenoxy) is 6. The number of methoxy groups -OCH3 is 2. The molecule has 420 valence electrons. The molecule has 0 saturated heterocycles. The van der Waals surface area contributed by atoms with Gasteiger partial charge in [-0.15, -0.1) is 0 Å². The van der Waals surface area contributed by atoms with Gasteiger partial charge in [0.15, 0.2) is 46.1 Å². The molecule has 0 aliphatic heterocycles. The number of carbonyl (C=O) groups excluding carboxylic acids is 6. The average Bonchev–Trinajstić information content (AvgIpc) is 3.59. The first-order valence-electron chi connectivity index (χ1n) is 24.7. The summed E-state index contributed by atoms with van der Waals surface area (Å²) < 4.78 is 88.9. The molecule has 0 unspecified atom stereocenters. The van der Waals surface area contributed by atoms with Crippen molar-refractivity contribution in [2.45, 2.75) is 25.7 Å². The molecule has 2 saturated carbocycles. The maximum absolute atomic E-state index is 15.1. The molecule has 2 heterocycles. The van der Waals surface area contributed by atoms with Gasteiger partial charge in [-0.1, -0.05) is 0 Å². The molecule has 6 aromatic carbocycles. The number of pyridine rings is 2. The number of carbonyl (C=O) groups is 6. The second-order valence-corrected chi connectivity index (χ2v) is 18.5. The molecule has 2 fully saturated rings. The van der Waals surface area contributed by atoms with Gasteiger partial charge in [-0.25, -0.2) is 17.6 Å². The van der Waals surface area contributed by atoms with Crippen LogP contribution in [0.5, 0.6) is 46.0 Å². The van der Waals surface area contributed by atoms with E-state index in [0.29, 0.717) is 58.9 Å². The van der Waals surface area contributed by atoms with E-state index >= 15 is 8.78 Å². The maximum Gasteiger partial charge on any atom is 2.00 e. The van der Waals surface area contributed by atoms with E-state index in [1.54, 1.807) is 0 Å². The van der Waals surface area contributed by atoms with Gasteiger partial charge in [-0.05, 0) is 123 Å². The summed E-state index contributed by atoms with van der Waals surface area (Å²) in [7, 11) is 2.74. The summed E-state index contributed by atoms with van der Waals surface area (Å²) in [6.07, 6.45) is 4.10. The molecular formula is C58H44F4MgN6O14. The Morgan fingerprint density at radius 2 is 0.783 bits per heavy atom. The topological polar surface area (TPSA) is 278 Å². The Kier molecular flexibility index (Phi) is 18.1. The van der Waals surface area contributed by atoms with Crippen LogP contribution >= 0.6 is 0 Å². The van der Waals surface area contributed by atoms with Crippen LogP contribution in [0.4, 0.5) is 40.3 Å². The number of rotatable bonds is 20. The normalized spacial score (nSPS) is 13.1. The van der Waals surface area contributed by atoms with Gasteiger partial charge in [0.2, 0.25) is 23.6 Å². The first-order chi connectivity index (χ1) is 39.4. The molecule has 4 amide bonds. The van der Waals surface area contributed by atoms with Crippen LogP contribution in [0.1, 0.15) is 25.7 Å². The number of anilines is 4. The Labute approximate surface area is 484 Å². The first-order valence-corrected chi connectivity index (χ1v) is 24.7. The van der Waals surface area contributed by atoms with E-state index in [-0.39, 0.29) is 80.4 Å². The largest absolute Gasteiger partial charge is 2.00 e. The zero-order chi connectivity index (χ0) is 58.3. The van der Waals surface area contributed by atoms with Crippen molar-refractivity contribution in [2.75, 3.05) is 48.7 Å². The Morgan fingerprint density at radius 1 is 0.446 bits per heavy atom. The molecule has 0 bridgehead atoms. The SMILES string of the molecule is COc1cc2c(Oc3ccc(NC(=O)C4(C(=O)Nc5ccc(F)cc5)CC4)cc3F)ccnc2cc1OCC(=O)[O-].COc1cc2c(Oc3ccc(NC(=O)C4(C(=O)Nc5ccc(F)cc5)CC4)cc3F)ccnc2cc1OCC(=O)[O-].[Mg+2]. The van der Waals surface area contributed by atoms with Gasteiger partial charge in [0.1, 0.15) is 47.2 Å². The van der Waals surface area contributed by atoms with Crippen LogP contribution in [-0.2, 0) is 28.8 Å². The van der Waals surface area contributed by atoms with Crippen LogP contribution in [0, 0.1) is 34.1 Å². The minimum atomic E-state index is -1.41. The third kappa shape index (κ3) is 13.9. The van der Waals surface area contributed by atoms with Crippen LogP contribution in [0.2, 0.25) is 0 Å². The number of hydrogen-bond acceptors (Lipinski definition) is 16. The fourth-order valence-electron chi connectivity index (χ4n) is 8.25. The van der Waals surface area contributed by atoms with Gasteiger partial charge in [-0.3, -0.25) is 29.1 Å². The molecule has 25 heteroatoms. The Morgan fingerprint density at radius 3 is 1.10 bits per heavy atom. The van der Waals surface area contributed by atoms with Crippen LogP contribution in [-0.4, -0.2) is 96.0 Å². The van der Waals surface area contributed by atoms with Crippen molar-refractivity contribution in [3.05, 3.63) is 157 Å². The average molecular weight is 1150 g/mol. The molecule has 0 atom stereocenters. The maximum atomic E-state index is 15.1. The standard InChI is InChI=1S/2C29H23F2N3O7.Mg/c2*1-39-24-13-19-21(14-25(24)40-15-26(35)36)32-11-8-22(19)41-23-7-6-18(12-20(23)31)34-28(38)29(9-10-29)27(37)33-17-4-2-16(30)3-5-17;/h2*2-8,11-14H,9-10,15H2,1H3,(H,33,37)(H,34,38)(H,35,36);/q;;+2/p-2. The molecule has 0 radical (unpaired) electrons. The third-order valence-electron chi connectivity index (χ3n) is 12.9. The van der Waals surface area contributed by atoms with Crippen LogP contribution in [0.3, 0.4) is 0 Å². The van der Waals surface area contributed by atoms with Crippen molar-refractivity contribution in [1.82, 2.24) is 9.97 Å². The second-order valence-electron chi connectivity index (χ2n) is 18.5. The number of nitrogens with one attached hydrogen (secondary N) is 4. The molecule has 2 aromatic heterocycles. The Hall–Kier alpha value is -9.75. The smallest absolute Gasteiger partial charge is 0.546 e. The number of nitrogens with zero attached hydrogens (tertiary/aromatic N) is 2. The number of carboxylic acids is 2. The molecule has 20 nitrogen and oxygen atoms in total. The van der Waals surface area contributed by atoms with E-state index < -0.39 is 82.9 Å². The molecule has 10 rings (SSSR count). The van der Waals surface area contributed by atoms with Crippen molar-refractivity contribution in [2.24, 2.45) is 10.8 Å². The number of aliphatic carboxylic acids is 2. The molecule has 83 heavy (non-hydrogen) atoms. The fraction of sp³-hybridized carbons (Fsp3) is 0.172. The van der Waals surface area contributed by atoms with Crippen molar-refractivity contribution in [3.8, 4) is 46.0 Å². The monoisotopic (exact) mass is 1150 g/mol. The summed E-state index contributed by atoms with van der Waals surface area (Å²) in [5, 5.41) is 32.8. The van der Waals surface area contributed by atoms with Crippen LogP contribution in [0.25, 0.3) is 21.8 Å². The van der Waals surface area contributed by atoms with Crippen molar-refractivity contribution in [3.63, 3.8) is 0 Å². The molecule has 8 aromatic rings. The number of aromatic nitrogens is 2. The van der Waals surface area contributed by atoms with Gasteiger partial charge >= 0.3 is 23.1 Å². The fourth-order valence-corrected chi connectivity index (χ4v) is 8.25. The van der Waals surface area contributed by atoms with Gasteiger partial charge in [0, 0.05) is 70.2 Å². The molecule has 4 N–H and O–H groups in total. The Bertz CT molecular complexity index is 3570. The van der Waals surface area contributed by atoms with E-state index in [9.17, 15) is 47.8 Å². The summed E-state index contributed by atoms with van der Waals surface area (Å²) >= 11 is 0. The van der Waals surface area contributed by atoms with Crippen LogP contribution < -0.4 is 59.9 Å². The van der Waals surface area contributed by atoms with Gasteiger partial charge in [-0.2, -0.15) is 0 Å². The third-order valence-corrected chi connectivity index (χ3v) is 12.9. The van der Waals surface area contributed by atoms with Crippen molar-refractivity contribution >= 4 is 103 Å². The number of amides is 4. The number of fused-ring (bicyclic) bond motifs is 2. The molecule has 0 spiro atoms. The summed E-state index contributed by atoms with van der Waals surface area (Å²) in [5.74, 6) is -6.73. The zero-order valence-electron chi connectivity index (χ0n) is 43.8. The molecular weight excluding hydrogens is 1100 g/mol. The summed E-state index contributed by atoms with van der Waals surface area (Å²) in [6.45, 7) is -1.38. The molecule has 2 aliphatic carbocycles. The minimum Gasteiger partial charge on any atom is -0.546 e. The minimum absolute atomic E-state index is 0. The number of carboxylic acid groups (broad SMARTS) is 2. The summed E-state index contributed by atoms with van der Waals surface area (Å²) in [5.41, 5.74) is -0.925. The number of benzene rings is 6. The van der Waals surface area contributed by atoms with Crippen molar-refractivity contribution < 1.29 is 85.0 Å². The Balaban J connectivity index is 0.000000214. The number of halogens is 4. The second kappa shape index (κ2) is 25.4. The van der Waals surface area contributed by atoms with Gasteiger partial charge < -0.3 is 69.5 Å². The number of hydrogen-bond donors (Lipinski definition) is 4. The van der Waals surface area contributed by atoms with Crippen LogP contribution in [0.15, 0.2) is 134 Å². The van der Waals surface area contributed by atoms with E-state index in [0.717, 1.165) is 12.1 Å². The van der Waals surface area contributed by atoms with Gasteiger partial charge in [0.05, 0.1) is 37.2 Å².